The first-order chi connectivity index (χ1) is 16.4. The molecule has 0 aliphatic carbocycles. The van der Waals surface area contributed by atoms with Crippen molar-refractivity contribution in [1.82, 2.24) is 10.2 Å². The van der Waals surface area contributed by atoms with Gasteiger partial charge in [-0.05, 0) is 36.8 Å². The summed E-state index contributed by atoms with van der Waals surface area (Å²) >= 11 is 0. The lowest BCUT2D eigenvalue weighted by molar-refractivity contribution is -0.134. The molecule has 0 spiro atoms. The van der Waals surface area contributed by atoms with Gasteiger partial charge in [0.05, 0.1) is 11.1 Å². The van der Waals surface area contributed by atoms with E-state index >= 15 is 0 Å². The summed E-state index contributed by atoms with van der Waals surface area (Å²) in [5.74, 6) is -2.51. The van der Waals surface area contributed by atoms with E-state index in [4.69, 9.17) is 13.9 Å². The molecule has 3 aromatic rings. The van der Waals surface area contributed by atoms with Crippen molar-refractivity contribution < 1.29 is 33.1 Å². The van der Waals surface area contributed by atoms with Crippen molar-refractivity contribution in [2.24, 2.45) is 0 Å². The molecule has 174 valence electrons. The van der Waals surface area contributed by atoms with Crippen molar-refractivity contribution in [1.29, 1.82) is 0 Å². The Morgan fingerprint density at radius 3 is 2.38 bits per heavy atom. The van der Waals surface area contributed by atoms with Gasteiger partial charge < -0.3 is 19.2 Å². The number of carbonyl (C=O) groups excluding carboxylic acids is 4. The zero-order valence-electron chi connectivity index (χ0n) is 18.2. The summed E-state index contributed by atoms with van der Waals surface area (Å²) in [7, 11) is 1.55. The minimum Gasteiger partial charge on any atom is -0.425 e. The number of rotatable bonds is 8. The number of benzene rings is 2. The van der Waals surface area contributed by atoms with E-state index in [-0.39, 0.29) is 28.0 Å². The Labute approximate surface area is 193 Å². The number of hydrogen-bond acceptors (Lipinski definition) is 8. The summed E-state index contributed by atoms with van der Waals surface area (Å²) in [5, 5.41) is 3.06. The lowest BCUT2D eigenvalue weighted by Crippen LogP contribution is -2.36. The standard InChI is InChI=1S/C24H20N2O8/c1-32-10-4-9-25-21(28)18-11-14-7-8-15(12-19(14)34-24(18)31)33-20(27)13-26-22(29)16-5-2-3-6-17(16)23(26)30/h2-3,5-8,11-12H,4,9-10,13H2,1H3,(H,25,28). The van der Waals surface area contributed by atoms with Crippen LogP contribution in [-0.4, -0.2) is 55.4 Å². The van der Waals surface area contributed by atoms with E-state index in [0.717, 1.165) is 4.90 Å². The van der Waals surface area contributed by atoms with Crippen molar-refractivity contribution in [3.05, 3.63) is 75.6 Å². The maximum absolute atomic E-state index is 12.4. The van der Waals surface area contributed by atoms with Gasteiger partial charge in [-0.25, -0.2) is 9.59 Å². The lowest BCUT2D eigenvalue weighted by atomic mass is 10.1. The molecule has 10 nitrogen and oxygen atoms in total. The summed E-state index contributed by atoms with van der Waals surface area (Å²) in [4.78, 5) is 62.5. The SMILES string of the molecule is COCCCNC(=O)c1cc2ccc(OC(=O)CN3C(=O)c4ccccc4C3=O)cc2oc1=O. The van der Waals surface area contributed by atoms with E-state index in [0.29, 0.717) is 25.0 Å². The summed E-state index contributed by atoms with van der Waals surface area (Å²) in [5.41, 5.74) is -0.434. The van der Waals surface area contributed by atoms with Gasteiger partial charge in [0.15, 0.2) is 0 Å². The molecule has 0 bridgehead atoms. The highest BCUT2D eigenvalue weighted by molar-refractivity contribution is 6.22. The summed E-state index contributed by atoms with van der Waals surface area (Å²) in [6, 6.07) is 12.0. The topological polar surface area (TPSA) is 132 Å². The highest BCUT2D eigenvalue weighted by atomic mass is 16.5. The highest BCUT2D eigenvalue weighted by Gasteiger charge is 2.36. The minimum absolute atomic E-state index is 0.0500. The monoisotopic (exact) mass is 464 g/mol. The molecule has 0 unspecified atom stereocenters. The molecule has 1 aromatic heterocycles. The van der Waals surface area contributed by atoms with Crippen LogP contribution in [0, 0.1) is 0 Å². The number of ether oxygens (including phenoxy) is 2. The molecule has 0 atom stereocenters. The van der Waals surface area contributed by atoms with Gasteiger partial charge in [-0.3, -0.25) is 19.3 Å². The molecule has 1 N–H and O–H groups in total. The fourth-order valence-electron chi connectivity index (χ4n) is 3.50. The van der Waals surface area contributed by atoms with Crippen LogP contribution >= 0.6 is 0 Å². The number of nitrogens with zero attached hydrogens (tertiary/aromatic N) is 1. The third-order valence-electron chi connectivity index (χ3n) is 5.16. The van der Waals surface area contributed by atoms with Gasteiger partial charge >= 0.3 is 11.6 Å². The molecular formula is C24H20N2O8. The fraction of sp³-hybridized carbons (Fsp3) is 0.208. The molecule has 2 heterocycles. The molecule has 34 heavy (non-hydrogen) atoms. The van der Waals surface area contributed by atoms with Crippen LogP contribution in [0.15, 0.2) is 57.7 Å². The molecule has 0 saturated heterocycles. The largest absolute Gasteiger partial charge is 0.425 e. The van der Waals surface area contributed by atoms with E-state index in [1.807, 2.05) is 0 Å². The first-order valence-electron chi connectivity index (χ1n) is 10.4. The number of carbonyl (C=O) groups is 4. The predicted octanol–water partition coefficient (Wildman–Crippen LogP) is 1.76. The van der Waals surface area contributed by atoms with Gasteiger partial charge in [-0.1, -0.05) is 12.1 Å². The van der Waals surface area contributed by atoms with Crippen LogP contribution in [0.1, 0.15) is 37.5 Å². The van der Waals surface area contributed by atoms with Gasteiger partial charge in [0, 0.05) is 31.7 Å². The van der Waals surface area contributed by atoms with E-state index < -0.39 is 35.9 Å². The Morgan fingerprint density at radius 2 is 1.71 bits per heavy atom. The number of hydrogen-bond donors (Lipinski definition) is 1. The van der Waals surface area contributed by atoms with E-state index in [9.17, 15) is 24.0 Å². The average molecular weight is 464 g/mol. The number of nitrogens with one attached hydrogen (secondary N) is 1. The summed E-state index contributed by atoms with van der Waals surface area (Å²) in [6.07, 6.45) is 0.594. The summed E-state index contributed by atoms with van der Waals surface area (Å²) in [6.45, 7) is 0.240. The van der Waals surface area contributed by atoms with Crippen LogP contribution in [0.25, 0.3) is 11.0 Å². The number of fused-ring (bicyclic) bond motifs is 2. The van der Waals surface area contributed by atoms with Gasteiger partial charge in [0.1, 0.15) is 23.4 Å². The first kappa shape index (κ1) is 22.9. The number of amides is 3. The first-order valence-corrected chi connectivity index (χ1v) is 10.4. The molecule has 0 radical (unpaired) electrons. The molecular weight excluding hydrogens is 444 g/mol. The van der Waals surface area contributed by atoms with Crippen molar-refractivity contribution >= 4 is 34.7 Å². The Balaban J connectivity index is 1.44. The molecule has 0 fully saturated rings. The van der Waals surface area contributed by atoms with E-state index in [1.165, 1.54) is 36.4 Å². The molecule has 0 saturated carbocycles. The number of imide groups is 1. The van der Waals surface area contributed by atoms with Crippen LogP contribution in [-0.2, 0) is 9.53 Å². The second kappa shape index (κ2) is 9.67. The second-order valence-electron chi connectivity index (χ2n) is 7.47. The van der Waals surface area contributed by atoms with Crippen molar-refractivity contribution in [3.8, 4) is 5.75 Å². The Hall–Kier alpha value is -4.31. The Bertz CT molecular complexity index is 1330. The zero-order valence-corrected chi connectivity index (χ0v) is 18.2. The molecule has 1 aliphatic rings. The third-order valence-corrected chi connectivity index (χ3v) is 5.16. The van der Waals surface area contributed by atoms with Gasteiger partial charge in [-0.2, -0.15) is 0 Å². The van der Waals surface area contributed by atoms with Gasteiger partial charge in [0.25, 0.3) is 17.7 Å². The predicted molar refractivity (Wildman–Crippen MR) is 119 cm³/mol. The van der Waals surface area contributed by atoms with Gasteiger partial charge in [-0.15, -0.1) is 0 Å². The van der Waals surface area contributed by atoms with Crippen molar-refractivity contribution in [2.45, 2.75) is 6.42 Å². The van der Waals surface area contributed by atoms with E-state index in [1.54, 1.807) is 19.2 Å². The molecule has 1 aliphatic heterocycles. The van der Waals surface area contributed by atoms with Crippen LogP contribution in [0.2, 0.25) is 0 Å². The van der Waals surface area contributed by atoms with Crippen LogP contribution in [0.5, 0.6) is 5.75 Å². The van der Waals surface area contributed by atoms with Crippen LogP contribution < -0.4 is 15.7 Å². The van der Waals surface area contributed by atoms with Crippen molar-refractivity contribution in [2.75, 3.05) is 26.8 Å². The fourth-order valence-corrected chi connectivity index (χ4v) is 3.50. The smallest absolute Gasteiger partial charge is 0.349 e. The molecule has 4 rings (SSSR count). The maximum Gasteiger partial charge on any atom is 0.349 e. The minimum atomic E-state index is -0.844. The third kappa shape index (κ3) is 4.57. The second-order valence-corrected chi connectivity index (χ2v) is 7.47. The Kier molecular flexibility index (Phi) is 6.51. The van der Waals surface area contributed by atoms with Gasteiger partial charge in [0.2, 0.25) is 0 Å². The average Bonchev–Trinajstić information content (AvgIpc) is 3.06. The van der Waals surface area contributed by atoms with Crippen LogP contribution in [0.3, 0.4) is 0 Å². The maximum atomic E-state index is 12.4. The molecule has 3 amide bonds. The van der Waals surface area contributed by atoms with E-state index in [2.05, 4.69) is 5.32 Å². The highest BCUT2D eigenvalue weighted by Crippen LogP contribution is 2.24. The Morgan fingerprint density at radius 1 is 1.00 bits per heavy atom. The number of methoxy groups -OCH3 is 1. The van der Waals surface area contributed by atoms with Crippen molar-refractivity contribution in [3.63, 3.8) is 0 Å². The lowest BCUT2D eigenvalue weighted by Gasteiger charge is -2.13. The molecule has 10 heteroatoms. The zero-order chi connectivity index (χ0) is 24.2. The number of esters is 1. The molecule has 2 aromatic carbocycles. The summed E-state index contributed by atoms with van der Waals surface area (Å²) < 4.78 is 15.4. The van der Waals surface area contributed by atoms with Crippen LogP contribution in [0.4, 0.5) is 0 Å². The normalized spacial score (nSPS) is 12.7. The quantitative estimate of drug-likeness (QED) is 0.175.